The largest absolute Gasteiger partial charge is 0.394 e. The van der Waals surface area contributed by atoms with E-state index in [9.17, 15) is 5.11 Å². The maximum atomic E-state index is 9.47. The molecular formula is C15H31NO2. The van der Waals surface area contributed by atoms with Crippen LogP contribution in [0.5, 0.6) is 0 Å². The average molecular weight is 257 g/mol. The molecule has 0 spiro atoms. The van der Waals surface area contributed by atoms with Gasteiger partial charge in [-0.25, -0.2) is 0 Å². The van der Waals surface area contributed by atoms with E-state index in [4.69, 9.17) is 4.74 Å². The second kappa shape index (κ2) is 8.13. The highest BCUT2D eigenvalue weighted by Gasteiger charge is 2.23. The van der Waals surface area contributed by atoms with E-state index in [0.717, 1.165) is 25.9 Å². The van der Waals surface area contributed by atoms with Gasteiger partial charge in [-0.2, -0.15) is 0 Å². The van der Waals surface area contributed by atoms with Crippen molar-refractivity contribution in [2.24, 2.45) is 0 Å². The highest BCUT2D eigenvalue weighted by molar-refractivity contribution is 4.83. The van der Waals surface area contributed by atoms with E-state index in [1.807, 2.05) is 0 Å². The molecule has 3 nitrogen and oxygen atoms in total. The molecule has 1 atom stereocenters. The summed E-state index contributed by atoms with van der Waals surface area (Å²) in [6, 6.07) is 0.414. The van der Waals surface area contributed by atoms with Crippen LogP contribution in [0.4, 0.5) is 0 Å². The minimum Gasteiger partial charge on any atom is -0.394 e. The van der Waals surface area contributed by atoms with Gasteiger partial charge in [0.05, 0.1) is 12.7 Å². The number of unbranched alkanes of at least 4 members (excludes halogenated alkanes) is 1. The van der Waals surface area contributed by atoms with Crippen LogP contribution >= 0.6 is 0 Å². The lowest BCUT2D eigenvalue weighted by molar-refractivity contribution is 0.0535. The fourth-order valence-corrected chi connectivity index (χ4v) is 2.82. The Hall–Kier alpha value is -0.120. The molecule has 0 saturated heterocycles. The van der Waals surface area contributed by atoms with E-state index in [1.165, 1.54) is 25.7 Å². The lowest BCUT2D eigenvalue weighted by Gasteiger charge is -2.31. The van der Waals surface area contributed by atoms with E-state index in [1.54, 1.807) is 0 Å². The standard InChI is InChI=1S/C15H31NO2/c1-13(2)16-15(3,12-17)10-6-7-11-18-14-8-4-5-9-14/h13-14,16-17H,4-12H2,1-3H3. The molecule has 0 bridgehead atoms. The molecule has 1 saturated carbocycles. The Labute approximate surface area is 112 Å². The van der Waals surface area contributed by atoms with Crippen molar-refractivity contribution in [3.05, 3.63) is 0 Å². The molecule has 108 valence electrons. The first-order valence-electron chi connectivity index (χ1n) is 7.56. The summed E-state index contributed by atoms with van der Waals surface area (Å²) in [5.41, 5.74) is -0.137. The molecule has 1 aliphatic carbocycles. The highest BCUT2D eigenvalue weighted by atomic mass is 16.5. The van der Waals surface area contributed by atoms with Gasteiger partial charge in [0.15, 0.2) is 0 Å². The molecule has 18 heavy (non-hydrogen) atoms. The summed E-state index contributed by atoms with van der Waals surface area (Å²) in [5.74, 6) is 0. The molecule has 1 unspecified atom stereocenters. The smallest absolute Gasteiger partial charge is 0.0610 e. The summed E-state index contributed by atoms with van der Waals surface area (Å²) in [6.45, 7) is 7.43. The van der Waals surface area contributed by atoms with Crippen LogP contribution < -0.4 is 5.32 Å². The number of aliphatic hydroxyl groups excluding tert-OH is 1. The SMILES string of the molecule is CC(C)NC(C)(CO)CCCCOC1CCCC1. The molecule has 0 heterocycles. The van der Waals surface area contributed by atoms with E-state index in [2.05, 4.69) is 26.1 Å². The number of ether oxygens (including phenoxy) is 1. The van der Waals surface area contributed by atoms with Crippen LogP contribution in [0.3, 0.4) is 0 Å². The zero-order chi connectivity index (χ0) is 13.4. The van der Waals surface area contributed by atoms with Crippen molar-refractivity contribution < 1.29 is 9.84 Å². The minimum atomic E-state index is -0.137. The summed E-state index contributed by atoms with van der Waals surface area (Å²) in [4.78, 5) is 0. The van der Waals surface area contributed by atoms with Crippen molar-refractivity contribution in [2.45, 2.75) is 83.4 Å². The minimum absolute atomic E-state index is 0.137. The number of hydrogen-bond acceptors (Lipinski definition) is 3. The first-order valence-corrected chi connectivity index (χ1v) is 7.56. The van der Waals surface area contributed by atoms with E-state index >= 15 is 0 Å². The van der Waals surface area contributed by atoms with Crippen molar-refractivity contribution in [1.29, 1.82) is 0 Å². The van der Waals surface area contributed by atoms with Gasteiger partial charge in [-0.05, 0) is 39.0 Å². The van der Waals surface area contributed by atoms with Crippen molar-refractivity contribution in [2.75, 3.05) is 13.2 Å². The van der Waals surface area contributed by atoms with Crippen LogP contribution in [0.25, 0.3) is 0 Å². The highest BCUT2D eigenvalue weighted by Crippen LogP contribution is 2.21. The first kappa shape index (κ1) is 15.9. The molecular weight excluding hydrogens is 226 g/mol. The average Bonchev–Trinajstić information content (AvgIpc) is 2.80. The van der Waals surface area contributed by atoms with Gasteiger partial charge in [-0.1, -0.05) is 26.7 Å². The number of rotatable bonds is 9. The van der Waals surface area contributed by atoms with E-state index in [-0.39, 0.29) is 12.1 Å². The molecule has 3 heteroatoms. The van der Waals surface area contributed by atoms with Crippen molar-refractivity contribution in [1.82, 2.24) is 5.32 Å². The molecule has 0 radical (unpaired) electrons. The molecule has 0 aromatic heterocycles. The van der Waals surface area contributed by atoms with Crippen LogP contribution in [0.15, 0.2) is 0 Å². The van der Waals surface area contributed by atoms with Crippen LogP contribution in [-0.2, 0) is 4.74 Å². The van der Waals surface area contributed by atoms with Crippen molar-refractivity contribution in [3.8, 4) is 0 Å². The molecule has 1 aliphatic rings. The summed E-state index contributed by atoms with van der Waals surface area (Å²) in [7, 11) is 0. The summed E-state index contributed by atoms with van der Waals surface area (Å²) < 4.78 is 5.85. The third kappa shape index (κ3) is 6.17. The van der Waals surface area contributed by atoms with Crippen LogP contribution in [0.1, 0.15) is 65.7 Å². The number of aliphatic hydroxyl groups is 1. The molecule has 0 aromatic rings. The fraction of sp³-hybridized carbons (Fsp3) is 1.00. The Morgan fingerprint density at radius 2 is 1.94 bits per heavy atom. The van der Waals surface area contributed by atoms with Gasteiger partial charge >= 0.3 is 0 Å². The van der Waals surface area contributed by atoms with Gasteiger partial charge in [-0.3, -0.25) is 0 Å². The molecule has 0 aromatic carbocycles. The third-order valence-electron chi connectivity index (χ3n) is 3.76. The molecule has 0 aliphatic heterocycles. The normalized spacial score (nSPS) is 20.5. The molecule has 2 N–H and O–H groups in total. The fourth-order valence-electron chi connectivity index (χ4n) is 2.82. The quantitative estimate of drug-likeness (QED) is 0.624. The summed E-state index contributed by atoms with van der Waals surface area (Å²) in [6.07, 6.45) is 8.94. The topological polar surface area (TPSA) is 41.5 Å². The van der Waals surface area contributed by atoms with Gasteiger partial charge in [0.2, 0.25) is 0 Å². The van der Waals surface area contributed by atoms with Gasteiger partial charge < -0.3 is 15.2 Å². The van der Waals surface area contributed by atoms with E-state index < -0.39 is 0 Å². The Balaban J connectivity index is 2.07. The zero-order valence-corrected chi connectivity index (χ0v) is 12.4. The van der Waals surface area contributed by atoms with Gasteiger partial charge in [0.1, 0.15) is 0 Å². The lowest BCUT2D eigenvalue weighted by atomic mass is 9.95. The second-order valence-electron chi connectivity index (χ2n) is 6.25. The number of nitrogens with one attached hydrogen (secondary N) is 1. The van der Waals surface area contributed by atoms with Gasteiger partial charge in [-0.15, -0.1) is 0 Å². The van der Waals surface area contributed by atoms with Gasteiger partial charge in [0, 0.05) is 18.2 Å². The molecule has 1 rings (SSSR count). The monoisotopic (exact) mass is 257 g/mol. The lowest BCUT2D eigenvalue weighted by Crippen LogP contribution is -2.49. The Morgan fingerprint density at radius 1 is 1.28 bits per heavy atom. The first-order chi connectivity index (χ1) is 8.56. The van der Waals surface area contributed by atoms with E-state index in [0.29, 0.717) is 12.1 Å². The summed E-state index contributed by atoms with van der Waals surface area (Å²) >= 11 is 0. The van der Waals surface area contributed by atoms with Crippen molar-refractivity contribution >= 4 is 0 Å². The van der Waals surface area contributed by atoms with Crippen LogP contribution in [0.2, 0.25) is 0 Å². The van der Waals surface area contributed by atoms with Crippen LogP contribution in [0, 0.1) is 0 Å². The van der Waals surface area contributed by atoms with Crippen molar-refractivity contribution in [3.63, 3.8) is 0 Å². The predicted molar refractivity (Wildman–Crippen MR) is 75.8 cm³/mol. The van der Waals surface area contributed by atoms with Crippen LogP contribution in [-0.4, -0.2) is 36.0 Å². The third-order valence-corrected chi connectivity index (χ3v) is 3.76. The maximum Gasteiger partial charge on any atom is 0.0610 e. The van der Waals surface area contributed by atoms with Gasteiger partial charge in [0.25, 0.3) is 0 Å². The summed E-state index contributed by atoms with van der Waals surface area (Å²) in [5, 5.41) is 12.9. The Bertz CT molecular complexity index is 215. The molecule has 0 amide bonds. The maximum absolute atomic E-state index is 9.47. The molecule has 1 fully saturated rings. The predicted octanol–water partition coefficient (Wildman–Crippen LogP) is 2.86. The Kier molecular flexibility index (Phi) is 7.20. The Morgan fingerprint density at radius 3 is 2.50 bits per heavy atom. The second-order valence-corrected chi connectivity index (χ2v) is 6.25. The number of hydrogen-bond donors (Lipinski definition) is 2. The zero-order valence-electron chi connectivity index (χ0n) is 12.4.